The summed E-state index contributed by atoms with van der Waals surface area (Å²) in [5, 5.41) is 11.5. The highest BCUT2D eigenvalue weighted by Crippen LogP contribution is 2.67. The van der Waals surface area contributed by atoms with Crippen molar-refractivity contribution in [3.8, 4) is 11.3 Å². The molecule has 1 amide bonds. The zero-order valence-corrected chi connectivity index (χ0v) is 14.1. The average Bonchev–Trinajstić information content (AvgIpc) is 2.96. The number of nitrogens with one attached hydrogen (secondary N) is 1. The molecule has 4 nitrogen and oxygen atoms in total. The van der Waals surface area contributed by atoms with Crippen LogP contribution < -0.4 is 5.32 Å². The zero-order valence-electron chi connectivity index (χ0n) is 14.1. The SMILES string of the molecule is CNC(=O)[C@]12CC[C@H](c3cc(-c4ccccc4F)nnc31)C2(C)C. The van der Waals surface area contributed by atoms with Gasteiger partial charge in [-0.1, -0.05) is 26.0 Å². The lowest BCUT2D eigenvalue weighted by atomic mass is 9.68. The number of aromatic nitrogens is 2. The van der Waals surface area contributed by atoms with E-state index in [-0.39, 0.29) is 23.1 Å². The van der Waals surface area contributed by atoms with Crippen molar-refractivity contribution in [2.45, 2.75) is 38.0 Å². The van der Waals surface area contributed by atoms with E-state index in [0.717, 1.165) is 24.1 Å². The number of carbonyl (C=O) groups is 1. The van der Waals surface area contributed by atoms with E-state index in [1.165, 1.54) is 6.07 Å². The van der Waals surface area contributed by atoms with Crippen molar-refractivity contribution in [2.24, 2.45) is 5.41 Å². The Morgan fingerprint density at radius 1 is 1.29 bits per heavy atom. The number of halogens is 1. The second-order valence-corrected chi connectivity index (χ2v) is 7.31. The summed E-state index contributed by atoms with van der Waals surface area (Å²) in [6.07, 6.45) is 1.72. The molecule has 0 radical (unpaired) electrons. The van der Waals surface area contributed by atoms with Gasteiger partial charge >= 0.3 is 0 Å². The van der Waals surface area contributed by atoms with Gasteiger partial charge in [0.05, 0.1) is 16.8 Å². The molecule has 5 heteroatoms. The van der Waals surface area contributed by atoms with E-state index < -0.39 is 5.41 Å². The van der Waals surface area contributed by atoms with Crippen molar-refractivity contribution in [3.63, 3.8) is 0 Å². The van der Waals surface area contributed by atoms with Crippen LogP contribution >= 0.6 is 0 Å². The number of fused-ring (bicyclic) bond motifs is 5. The highest BCUT2D eigenvalue weighted by atomic mass is 19.1. The minimum Gasteiger partial charge on any atom is -0.358 e. The molecule has 4 rings (SSSR count). The molecule has 2 aromatic rings. The minimum atomic E-state index is -0.636. The largest absolute Gasteiger partial charge is 0.358 e. The van der Waals surface area contributed by atoms with Gasteiger partial charge in [-0.05, 0) is 47.9 Å². The van der Waals surface area contributed by atoms with Crippen LogP contribution in [-0.2, 0) is 10.2 Å². The summed E-state index contributed by atoms with van der Waals surface area (Å²) in [5.41, 5.74) is 1.93. The van der Waals surface area contributed by atoms with E-state index in [1.807, 2.05) is 6.07 Å². The molecule has 124 valence electrons. The van der Waals surface area contributed by atoms with Crippen molar-refractivity contribution >= 4 is 5.91 Å². The Labute approximate surface area is 140 Å². The topological polar surface area (TPSA) is 54.9 Å². The summed E-state index contributed by atoms with van der Waals surface area (Å²) in [6, 6.07) is 8.50. The normalized spacial score (nSPS) is 26.2. The number of benzene rings is 1. The van der Waals surface area contributed by atoms with Gasteiger partial charge in [0.2, 0.25) is 5.91 Å². The van der Waals surface area contributed by atoms with Gasteiger partial charge in [-0.15, -0.1) is 0 Å². The molecular weight excluding hydrogens is 305 g/mol. The summed E-state index contributed by atoms with van der Waals surface area (Å²) in [4.78, 5) is 12.7. The highest BCUT2D eigenvalue weighted by molar-refractivity contribution is 5.91. The van der Waals surface area contributed by atoms with Crippen molar-refractivity contribution < 1.29 is 9.18 Å². The Kier molecular flexibility index (Phi) is 3.08. The van der Waals surface area contributed by atoms with Crippen molar-refractivity contribution in [2.75, 3.05) is 7.05 Å². The fourth-order valence-corrected chi connectivity index (χ4v) is 4.84. The molecule has 1 saturated carbocycles. The molecular formula is C19H20FN3O. The summed E-state index contributed by atoms with van der Waals surface area (Å²) >= 11 is 0. The number of hydrogen-bond acceptors (Lipinski definition) is 3. The maximum absolute atomic E-state index is 14.1. The van der Waals surface area contributed by atoms with Crippen LogP contribution in [0, 0.1) is 11.2 Å². The standard InChI is InChI=1S/C19H20FN3O/c1-18(2)13-8-9-19(18,17(24)21-3)16-12(13)10-15(22-23-16)11-6-4-5-7-14(11)20/h4-7,10,13H,8-9H2,1-3H3,(H,21,24)/t13-,19+/m1/s1. The smallest absolute Gasteiger partial charge is 0.232 e. The van der Waals surface area contributed by atoms with Crippen LogP contribution in [0.5, 0.6) is 0 Å². The molecule has 0 unspecified atom stereocenters. The molecule has 2 atom stereocenters. The van der Waals surface area contributed by atoms with Crippen LogP contribution in [0.2, 0.25) is 0 Å². The van der Waals surface area contributed by atoms with Gasteiger partial charge in [-0.25, -0.2) is 4.39 Å². The Balaban J connectivity index is 1.91. The Bertz CT molecular complexity index is 848. The quantitative estimate of drug-likeness (QED) is 0.922. The van der Waals surface area contributed by atoms with Crippen LogP contribution in [0.1, 0.15) is 43.9 Å². The first-order valence-electron chi connectivity index (χ1n) is 8.28. The predicted octanol–water partition coefficient (Wildman–Crippen LogP) is 3.18. The first-order chi connectivity index (χ1) is 11.4. The second-order valence-electron chi connectivity index (χ2n) is 7.31. The Morgan fingerprint density at radius 3 is 2.75 bits per heavy atom. The molecule has 1 aromatic carbocycles. The van der Waals surface area contributed by atoms with E-state index in [2.05, 4.69) is 29.4 Å². The lowest BCUT2D eigenvalue weighted by Gasteiger charge is -2.35. The number of carbonyl (C=O) groups excluding carboxylic acids is 1. The van der Waals surface area contributed by atoms with E-state index in [1.54, 1.807) is 25.2 Å². The maximum Gasteiger partial charge on any atom is 0.232 e. The van der Waals surface area contributed by atoms with E-state index in [0.29, 0.717) is 11.3 Å². The summed E-state index contributed by atoms with van der Waals surface area (Å²) in [5.74, 6) is -0.0669. The molecule has 2 bridgehead atoms. The van der Waals surface area contributed by atoms with E-state index >= 15 is 0 Å². The second kappa shape index (κ2) is 4.85. The lowest BCUT2D eigenvalue weighted by Crippen LogP contribution is -2.48. The van der Waals surface area contributed by atoms with Crippen molar-refractivity contribution in [1.29, 1.82) is 0 Å². The highest BCUT2D eigenvalue weighted by Gasteiger charge is 2.67. The predicted molar refractivity (Wildman–Crippen MR) is 88.9 cm³/mol. The number of rotatable bonds is 2. The first-order valence-corrected chi connectivity index (χ1v) is 8.28. The summed E-state index contributed by atoms with van der Waals surface area (Å²) < 4.78 is 14.1. The molecule has 2 aliphatic rings. The third-order valence-electron chi connectivity index (χ3n) is 6.15. The molecule has 0 aliphatic heterocycles. The van der Waals surface area contributed by atoms with Gasteiger partial charge in [-0.2, -0.15) is 10.2 Å². The first kappa shape index (κ1) is 15.2. The van der Waals surface area contributed by atoms with Crippen LogP contribution in [0.4, 0.5) is 4.39 Å². The zero-order chi connectivity index (χ0) is 17.1. The molecule has 1 fully saturated rings. The number of amides is 1. The van der Waals surface area contributed by atoms with Crippen molar-refractivity contribution in [3.05, 3.63) is 47.4 Å². The van der Waals surface area contributed by atoms with Crippen LogP contribution in [0.3, 0.4) is 0 Å². The molecule has 24 heavy (non-hydrogen) atoms. The van der Waals surface area contributed by atoms with Crippen LogP contribution in [0.25, 0.3) is 11.3 Å². The third kappa shape index (κ3) is 1.65. The van der Waals surface area contributed by atoms with Gasteiger partial charge in [0.15, 0.2) is 0 Å². The van der Waals surface area contributed by atoms with Crippen molar-refractivity contribution in [1.82, 2.24) is 15.5 Å². The number of likely N-dealkylation sites (N-methyl/N-ethyl adjacent to an activating group) is 1. The number of nitrogens with zero attached hydrogens (tertiary/aromatic N) is 2. The fraction of sp³-hybridized carbons (Fsp3) is 0.421. The van der Waals surface area contributed by atoms with E-state index in [4.69, 9.17) is 0 Å². The van der Waals surface area contributed by atoms with Crippen LogP contribution in [-0.4, -0.2) is 23.2 Å². The van der Waals surface area contributed by atoms with Gasteiger partial charge < -0.3 is 5.32 Å². The van der Waals surface area contributed by atoms with E-state index in [9.17, 15) is 9.18 Å². The molecule has 1 aromatic heterocycles. The van der Waals surface area contributed by atoms with Gasteiger partial charge in [0, 0.05) is 12.6 Å². The van der Waals surface area contributed by atoms with Gasteiger partial charge in [0.25, 0.3) is 0 Å². The molecule has 0 spiro atoms. The molecule has 0 saturated heterocycles. The van der Waals surface area contributed by atoms with Gasteiger partial charge in [0.1, 0.15) is 5.82 Å². The summed E-state index contributed by atoms with van der Waals surface area (Å²) in [6.45, 7) is 4.26. The van der Waals surface area contributed by atoms with Crippen LogP contribution in [0.15, 0.2) is 30.3 Å². The average molecular weight is 325 g/mol. The monoisotopic (exact) mass is 325 g/mol. The minimum absolute atomic E-state index is 0.00157. The Hall–Kier alpha value is -2.30. The maximum atomic E-state index is 14.1. The number of hydrogen-bond donors (Lipinski definition) is 1. The molecule has 2 aliphatic carbocycles. The third-order valence-corrected chi connectivity index (χ3v) is 6.15. The van der Waals surface area contributed by atoms with Gasteiger partial charge in [-0.3, -0.25) is 4.79 Å². The molecule has 1 heterocycles. The Morgan fingerprint density at radius 2 is 2.04 bits per heavy atom. The lowest BCUT2D eigenvalue weighted by molar-refractivity contribution is -0.129. The fourth-order valence-electron chi connectivity index (χ4n) is 4.84. The summed E-state index contributed by atoms with van der Waals surface area (Å²) in [7, 11) is 1.67. The molecule has 1 N–H and O–H groups in total.